The van der Waals surface area contributed by atoms with E-state index >= 15 is 0 Å². The van der Waals surface area contributed by atoms with E-state index in [0.717, 1.165) is 17.2 Å². The molecule has 0 heterocycles. The Balaban J connectivity index is 2.10. The van der Waals surface area contributed by atoms with E-state index in [9.17, 15) is 19.7 Å². The van der Waals surface area contributed by atoms with Crippen molar-refractivity contribution >= 4 is 23.3 Å². The number of hydrogen-bond donors (Lipinski definition) is 1. The van der Waals surface area contributed by atoms with Gasteiger partial charge in [0.05, 0.1) is 10.5 Å². The highest BCUT2D eigenvalue weighted by atomic mass is 16.6. The summed E-state index contributed by atoms with van der Waals surface area (Å²) in [6.45, 7) is 6.76. The Labute approximate surface area is 151 Å². The molecule has 0 saturated heterocycles. The van der Waals surface area contributed by atoms with Gasteiger partial charge in [0.15, 0.2) is 6.10 Å². The number of carbonyl (C=O) groups is 2. The van der Waals surface area contributed by atoms with Crippen LogP contribution in [0.3, 0.4) is 0 Å². The van der Waals surface area contributed by atoms with Crippen LogP contribution >= 0.6 is 0 Å². The number of carbonyl (C=O) groups excluding carboxylic acids is 2. The Hall–Kier alpha value is -3.22. The molecule has 1 amide bonds. The predicted molar refractivity (Wildman–Crippen MR) is 97.3 cm³/mol. The van der Waals surface area contributed by atoms with Crippen LogP contribution in [0.25, 0.3) is 0 Å². The molecule has 0 unspecified atom stereocenters. The monoisotopic (exact) mass is 356 g/mol. The summed E-state index contributed by atoms with van der Waals surface area (Å²) in [5.41, 5.74) is 2.75. The maximum absolute atomic E-state index is 12.3. The highest BCUT2D eigenvalue weighted by Gasteiger charge is 2.22. The zero-order valence-corrected chi connectivity index (χ0v) is 15.0. The van der Waals surface area contributed by atoms with Crippen LogP contribution in [0.5, 0.6) is 0 Å². The van der Waals surface area contributed by atoms with Gasteiger partial charge in [0.2, 0.25) is 0 Å². The van der Waals surface area contributed by atoms with E-state index in [-0.39, 0.29) is 11.3 Å². The second-order valence-corrected chi connectivity index (χ2v) is 6.06. The third kappa shape index (κ3) is 4.24. The number of nitrogens with one attached hydrogen (secondary N) is 1. The van der Waals surface area contributed by atoms with Gasteiger partial charge in [0.1, 0.15) is 0 Å². The van der Waals surface area contributed by atoms with Crippen molar-refractivity contribution in [3.8, 4) is 0 Å². The van der Waals surface area contributed by atoms with E-state index in [4.69, 9.17) is 4.74 Å². The Morgan fingerprint density at radius 1 is 1.08 bits per heavy atom. The number of rotatable bonds is 5. The molecule has 26 heavy (non-hydrogen) atoms. The summed E-state index contributed by atoms with van der Waals surface area (Å²) in [6, 6.07) is 9.66. The van der Waals surface area contributed by atoms with E-state index in [1.165, 1.54) is 19.1 Å². The van der Waals surface area contributed by atoms with E-state index < -0.39 is 22.9 Å². The molecule has 0 fully saturated rings. The molecule has 0 aliphatic carbocycles. The summed E-state index contributed by atoms with van der Waals surface area (Å²) in [5.74, 6) is -1.27. The minimum absolute atomic E-state index is 0.0222. The number of nitro benzene ring substituents is 1. The number of anilines is 1. The molecule has 7 nitrogen and oxygen atoms in total. The smallest absolute Gasteiger partial charge is 0.339 e. The first kappa shape index (κ1) is 19.1. The van der Waals surface area contributed by atoms with Crippen molar-refractivity contribution in [1.82, 2.24) is 0 Å². The molecule has 0 aliphatic rings. The summed E-state index contributed by atoms with van der Waals surface area (Å²) in [5, 5.41) is 13.7. The molecule has 7 heteroatoms. The molecule has 136 valence electrons. The lowest BCUT2D eigenvalue weighted by Crippen LogP contribution is -2.30. The minimum Gasteiger partial charge on any atom is -0.449 e. The third-order valence-corrected chi connectivity index (χ3v) is 4.02. The van der Waals surface area contributed by atoms with Crippen molar-refractivity contribution in [3.05, 3.63) is 68.8 Å². The Kier molecular flexibility index (Phi) is 5.71. The van der Waals surface area contributed by atoms with Crippen LogP contribution in [0.4, 0.5) is 11.4 Å². The number of ether oxygens (including phenoxy) is 1. The number of aryl methyl sites for hydroxylation is 3. The molecule has 0 radical (unpaired) electrons. The molecule has 2 aromatic rings. The van der Waals surface area contributed by atoms with Crippen LogP contribution in [0.2, 0.25) is 0 Å². The normalized spacial score (nSPS) is 11.5. The van der Waals surface area contributed by atoms with Crippen molar-refractivity contribution in [3.63, 3.8) is 0 Å². The molecule has 2 aromatic carbocycles. The molecular weight excluding hydrogens is 336 g/mol. The van der Waals surface area contributed by atoms with Crippen molar-refractivity contribution in [2.75, 3.05) is 5.32 Å². The highest BCUT2D eigenvalue weighted by molar-refractivity contribution is 5.98. The summed E-state index contributed by atoms with van der Waals surface area (Å²) in [7, 11) is 0. The number of para-hydroxylation sites is 1. The molecule has 0 spiro atoms. The topological polar surface area (TPSA) is 98.5 Å². The lowest BCUT2D eigenvalue weighted by molar-refractivity contribution is -0.385. The average molecular weight is 356 g/mol. The van der Waals surface area contributed by atoms with E-state index in [1.807, 2.05) is 32.0 Å². The highest BCUT2D eigenvalue weighted by Crippen LogP contribution is 2.21. The van der Waals surface area contributed by atoms with Crippen LogP contribution in [-0.4, -0.2) is 22.9 Å². The van der Waals surface area contributed by atoms with Gasteiger partial charge in [-0.25, -0.2) is 4.79 Å². The van der Waals surface area contributed by atoms with Crippen molar-refractivity contribution in [2.45, 2.75) is 33.8 Å². The first-order chi connectivity index (χ1) is 12.2. The third-order valence-electron chi connectivity index (χ3n) is 4.02. The van der Waals surface area contributed by atoms with Crippen LogP contribution in [-0.2, 0) is 9.53 Å². The van der Waals surface area contributed by atoms with Gasteiger partial charge in [0.25, 0.3) is 11.6 Å². The Bertz CT molecular complexity index is 856. The molecule has 0 bridgehead atoms. The van der Waals surface area contributed by atoms with Crippen LogP contribution in [0, 0.1) is 30.9 Å². The summed E-state index contributed by atoms with van der Waals surface area (Å²) in [6.07, 6.45) is -1.05. The van der Waals surface area contributed by atoms with Gasteiger partial charge in [-0.3, -0.25) is 14.9 Å². The second kappa shape index (κ2) is 7.77. The fourth-order valence-electron chi connectivity index (χ4n) is 2.45. The van der Waals surface area contributed by atoms with Gasteiger partial charge < -0.3 is 10.1 Å². The first-order valence-electron chi connectivity index (χ1n) is 8.03. The Morgan fingerprint density at radius 3 is 2.27 bits per heavy atom. The van der Waals surface area contributed by atoms with E-state index in [1.54, 1.807) is 6.92 Å². The van der Waals surface area contributed by atoms with E-state index in [2.05, 4.69) is 5.32 Å². The number of nitro groups is 1. The lowest BCUT2D eigenvalue weighted by Gasteiger charge is -2.16. The van der Waals surface area contributed by atoms with Crippen LogP contribution in [0.15, 0.2) is 36.4 Å². The maximum atomic E-state index is 12.3. The van der Waals surface area contributed by atoms with Gasteiger partial charge in [-0.1, -0.05) is 24.3 Å². The van der Waals surface area contributed by atoms with Crippen molar-refractivity contribution in [1.29, 1.82) is 0 Å². The van der Waals surface area contributed by atoms with Gasteiger partial charge in [0, 0.05) is 17.3 Å². The largest absolute Gasteiger partial charge is 0.449 e. The zero-order valence-electron chi connectivity index (χ0n) is 15.0. The number of amides is 1. The molecule has 0 aromatic heterocycles. The zero-order chi connectivity index (χ0) is 19.4. The summed E-state index contributed by atoms with van der Waals surface area (Å²) in [4.78, 5) is 34.9. The number of esters is 1. The molecule has 2 rings (SSSR count). The molecular formula is C19H20N2O5. The summed E-state index contributed by atoms with van der Waals surface area (Å²) >= 11 is 0. The predicted octanol–water partition coefficient (Wildman–Crippen LogP) is 3.70. The number of hydrogen-bond acceptors (Lipinski definition) is 5. The van der Waals surface area contributed by atoms with Gasteiger partial charge in [-0.2, -0.15) is 0 Å². The SMILES string of the molecule is Cc1ccc(C(=O)O[C@@H](C)C(=O)Nc2c(C)cccc2C)cc1[N+](=O)[O-]. The van der Waals surface area contributed by atoms with Crippen molar-refractivity contribution < 1.29 is 19.2 Å². The van der Waals surface area contributed by atoms with Gasteiger partial charge in [-0.05, 0) is 44.9 Å². The standard InChI is InChI=1S/C19H20N2O5/c1-11-8-9-15(10-16(11)21(24)25)19(23)26-14(4)18(22)20-17-12(2)6-5-7-13(17)3/h5-10,14H,1-4H3,(H,20,22)/t14-/m0/s1. The molecule has 1 atom stereocenters. The van der Waals surface area contributed by atoms with Crippen LogP contribution in [0.1, 0.15) is 34.0 Å². The molecule has 0 saturated carbocycles. The fraction of sp³-hybridized carbons (Fsp3) is 0.263. The lowest BCUT2D eigenvalue weighted by atomic mass is 10.1. The van der Waals surface area contributed by atoms with Crippen molar-refractivity contribution in [2.24, 2.45) is 0 Å². The maximum Gasteiger partial charge on any atom is 0.339 e. The molecule has 1 N–H and O–H groups in total. The van der Waals surface area contributed by atoms with Crippen LogP contribution < -0.4 is 5.32 Å². The Morgan fingerprint density at radius 2 is 1.69 bits per heavy atom. The summed E-state index contributed by atoms with van der Waals surface area (Å²) < 4.78 is 5.15. The van der Waals surface area contributed by atoms with E-state index in [0.29, 0.717) is 11.3 Å². The molecule has 0 aliphatic heterocycles. The van der Waals surface area contributed by atoms with Gasteiger partial charge in [-0.15, -0.1) is 0 Å². The average Bonchev–Trinajstić information content (AvgIpc) is 2.58. The van der Waals surface area contributed by atoms with Gasteiger partial charge >= 0.3 is 5.97 Å². The minimum atomic E-state index is -1.05. The fourth-order valence-corrected chi connectivity index (χ4v) is 2.45. The quantitative estimate of drug-likeness (QED) is 0.500. The first-order valence-corrected chi connectivity index (χ1v) is 8.03. The number of benzene rings is 2. The second-order valence-electron chi connectivity index (χ2n) is 6.06. The number of nitrogens with zero attached hydrogens (tertiary/aromatic N) is 1.